The van der Waals surface area contributed by atoms with Gasteiger partial charge < -0.3 is 9.47 Å². The molecule has 0 fully saturated rings. The second-order valence-corrected chi connectivity index (χ2v) is 15.8. The molecule has 8 heteroatoms. The van der Waals surface area contributed by atoms with Crippen LogP contribution in [0.5, 0.6) is 5.75 Å². The fourth-order valence-corrected chi connectivity index (χ4v) is 5.26. The minimum absolute atomic E-state index is 0.0643. The van der Waals surface area contributed by atoms with Crippen molar-refractivity contribution in [3.05, 3.63) is 80.8 Å². The summed E-state index contributed by atoms with van der Waals surface area (Å²) in [6, 6.07) is 14.3. The van der Waals surface area contributed by atoms with Gasteiger partial charge in [0.05, 0.1) is 10.7 Å². The van der Waals surface area contributed by atoms with E-state index in [2.05, 4.69) is 40.7 Å². The summed E-state index contributed by atoms with van der Waals surface area (Å²) in [5.74, 6) is -0.0376. The van der Waals surface area contributed by atoms with Gasteiger partial charge in [-0.3, -0.25) is 0 Å². The topological polar surface area (TPSA) is 36.3 Å². The number of nitrogens with zero attached hydrogens (tertiary/aromatic N) is 2. The van der Waals surface area contributed by atoms with Crippen molar-refractivity contribution in [2.45, 2.75) is 44.4 Å². The molecule has 1 atom stereocenters. The Hall–Kier alpha value is -1.67. The second-order valence-electron chi connectivity index (χ2n) is 9.00. The molecule has 1 aliphatic rings. The zero-order valence-corrected chi connectivity index (χ0v) is 21.1. The fraction of sp³-hybridized carbons (Fsp3) is 0.348. The van der Waals surface area contributed by atoms with E-state index >= 15 is 0 Å². The molecule has 31 heavy (non-hydrogen) atoms. The molecule has 164 valence electrons. The van der Waals surface area contributed by atoms with Crippen molar-refractivity contribution in [3.8, 4) is 5.75 Å². The van der Waals surface area contributed by atoms with Gasteiger partial charge in [-0.25, -0.2) is 9.07 Å². The molecule has 0 amide bonds. The minimum Gasteiger partial charge on any atom is -0.475 e. The highest BCUT2D eigenvalue weighted by atomic mass is 79.9. The SMILES string of the molecule is C[Si](C)(C)CCOCn1nccc1[C@@]1(c2ccccc2)Cc2c(cc(F)c(Cl)c2Br)O1. The van der Waals surface area contributed by atoms with Crippen molar-refractivity contribution in [1.29, 1.82) is 0 Å². The summed E-state index contributed by atoms with van der Waals surface area (Å²) in [6.45, 7) is 8.00. The van der Waals surface area contributed by atoms with Crippen LogP contribution < -0.4 is 4.74 Å². The van der Waals surface area contributed by atoms with E-state index in [0.29, 0.717) is 30.0 Å². The Morgan fingerprint density at radius 2 is 2.00 bits per heavy atom. The molecule has 2 aromatic carbocycles. The molecule has 0 saturated heterocycles. The first-order valence-electron chi connectivity index (χ1n) is 10.2. The highest BCUT2D eigenvalue weighted by Crippen LogP contribution is 2.50. The molecule has 0 saturated carbocycles. The van der Waals surface area contributed by atoms with Gasteiger partial charge in [-0.2, -0.15) is 5.10 Å². The van der Waals surface area contributed by atoms with Crippen LogP contribution in [0.2, 0.25) is 30.7 Å². The van der Waals surface area contributed by atoms with E-state index in [4.69, 9.17) is 21.1 Å². The molecule has 0 unspecified atom stereocenters. The first kappa shape index (κ1) is 22.5. The number of ether oxygens (including phenoxy) is 2. The van der Waals surface area contributed by atoms with Gasteiger partial charge in [-0.15, -0.1) is 0 Å². The van der Waals surface area contributed by atoms with E-state index in [1.54, 1.807) is 6.20 Å². The van der Waals surface area contributed by atoms with E-state index in [9.17, 15) is 4.39 Å². The predicted octanol–water partition coefficient (Wildman–Crippen LogP) is 6.63. The van der Waals surface area contributed by atoms with Gasteiger partial charge >= 0.3 is 0 Å². The largest absolute Gasteiger partial charge is 0.475 e. The van der Waals surface area contributed by atoms with E-state index in [-0.39, 0.29) is 5.02 Å². The molecular weight excluding hydrogens is 499 g/mol. The van der Waals surface area contributed by atoms with Crippen LogP contribution in [0, 0.1) is 5.82 Å². The fourth-order valence-electron chi connectivity index (χ4n) is 3.81. The van der Waals surface area contributed by atoms with Crippen molar-refractivity contribution >= 4 is 35.6 Å². The summed E-state index contributed by atoms with van der Waals surface area (Å²) in [4.78, 5) is 0. The summed E-state index contributed by atoms with van der Waals surface area (Å²) in [7, 11) is -1.18. The minimum atomic E-state index is -1.18. The van der Waals surface area contributed by atoms with Crippen LogP contribution >= 0.6 is 27.5 Å². The maximum atomic E-state index is 14.3. The van der Waals surface area contributed by atoms with Gasteiger partial charge in [0.25, 0.3) is 0 Å². The van der Waals surface area contributed by atoms with E-state index in [1.807, 2.05) is 41.1 Å². The smallest absolute Gasteiger partial charge is 0.180 e. The van der Waals surface area contributed by atoms with Crippen LogP contribution in [-0.4, -0.2) is 24.5 Å². The molecule has 0 bridgehead atoms. The molecule has 0 N–H and O–H groups in total. The van der Waals surface area contributed by atoms with Crippen LogP contribution in [0.15, 0.2) is 53.1 Å². The molecule has 0 aliphatic carbocycles. The van der Waals surface area contributed by atoms with Gasteiger partial charge in [-0.1, -0.05) is 61.6 Å². The first-order valence-corrected chi connectivity index (χ1v) is 15.1. The summed E-state index contributed by atoms with van der Waals surface area (Å²) in [5, 5.41) is 4.56. The van der Waals surface area contributed by atoms with E-state index in [0.717, 1.165) is 22.9 Å². The Balaban J connectivity index is 1.71. The molecule has 2 heterocycles. The molecule has 1 aromatic heterocycles. The Kier molecular flexibility index (Phi) is 6.32. The molecule has 4 rings (SSSR count). The van der Waals surface area contributed by atoms with Crippen LogP contribution in [0.3, 0.4) is 0 Å². The molecule has 4 nitrogen and oxygen atoms in total. The summed E-state index contributed by atoms with van der Waals surface area (Å²) in [6.07, 6.45) is 2.24. The third-order valence-electron chi connectivity index (χ3n) is 5.51. The van der Waals surface area contributed by atoms with Crippen molar-refractivity contribution in [2.24, 2.45) is 0 Å². The monoisotopic (exact) mass is 522 g/mol. The Morgan fingerprint density at radius 3 is 2.71 bits per heavy atom. The van der Waals surface area contributed by atoms with Gasteiger partial charge in [0.15, 0.2) is 5.60 Å². The molecule has 3 aromatic rings. The Bertz CT molecular complexity index is 1090. The van der Waals surface area contributed by atoms with Crippen molar-refractivity contribution < 1.29 is 13.9 Å². The molecule has 1 aliphatic heterocycles. The maximum absolute atomic E-state index is 14.3. The maximum Gasteiger partial charge on any atom is 0.180 e. The third kappa shape index (κ3) is 4.46. The van der Waals surface area contributed by atoms with E-state index in [1.165, 1.54) is 6.07 Å². The van der Waals surface area contributed by atoms with Crippen LogP contribution in [-0.2, 0) is 23.5 Å². The van der Waals surface area contributed by atoms with Crippen LogP contribution in [0.25, 0.3) is 0 Å². The average Bonchev–Trinajstić information content (AvgIpc) is 3.35. The number of aromatic nitrogens is 2. The quantitative estimate of drug-likeness (QED) is 0.198. The van der Waals surface area contributed by atoms with Crippen molar-refractivity contribution in [3.63, 3.8) is 0 Å². The van der Waals surface area contributed by atoms with Gasteiger partial charge in [0.2, 0.25) is 0 Å². The number of halogens is 3. The van der Waals surface area contributed by atoms with Crippen LogP contribution in [0.1, 0.15) is 16.8 Å². The Labute approximate surface area is 196 Å². The molecule has 0 spiro atoms. The summed E-state index contributed by atoms with van der Waals surface area (Å²) in [5.41, 5.74) is 1.79. The summed E-state index contributed by atoms with van der Waals surface area (Å²) < 4.78 is 29.2. The highest BCUT2D eigenvalue weighted by Gasteiger charge is 2.46. The number of hydrogen-bond acceptors (Lipinski definition) is 3. The summed E-state index contributed by atoms with van der Waals surface area (Å²) >= 11 is 9.63. The zero-order chi connectivity index (χ0) is 22.2. The lowest BCUT2D eigenvalue weighted by Crippen LogP contribution is -2.36. The normalized spacial score (nSPS) is 18.1. The lowest BCUT2D eigenvalue weighted by molar-refractivity contribution is 0.0600. The lowest BCUT2D eigenvalue weighted by Gasteiger charge is -2.30. The van der Waals surface area contributed by atoms with E-state index < -0.39 is 19.5 Å². The van der Waals surface area contributed by atoms with Gasteiger partial charge in [-0.05, 0) is 28.0 Å². The number of fused-ring (bicyclic) bond motifs is 1. The molecular formula is C23H25BrClFN2O2Si. The predicted molar refractivity (Wildman–Crippen MR) is 127 cm³/mol. The van der Waals surface area contributed by atoms with Crippen LogP contribution in [0.4, 0.5) is 4.39 Å². The standard InChI is InChI=1S/C23H25BrClFN2O2Si/c1-31(2,3)12-11-29-15-28-20(9-10-27-28)23(16-7-5-4-6-8-16)14-17-19(30-23)13-18(26)22(25)21(17)24/h4-10,13H,11-12,14-15H2,1-3H3/t23-/m0/s1. The number of benzene rings is 2. The van der Waals surface area contributed by atoms with Crippen molar-refractivity contribution in [1.82, 2.24) is 9.78 Å². The van der Waals surface area contributed by atoms with Crippen molar-refractivity contribution in [2.75, 3.05) is 6.61 Å². The second kappa shape index (κ2) is 8.69. The lowest BCUT2D eigenvalue weighted by atomic mass is 9.86. The Morgan fingerprint density at radius 1 is 1.26 bits per heavy atom. The first-order chi connectivity index (χ1) is 14.7. The van der Waals surface area contributed by atoms with Gasteiger partial charge in [0, 0.05) is 49.0 Å². The zero-order valence-electron chi connectivity index (χ0n) is 17.8. The average molecular weight is 524 g/mol. The third-order valence-corrected chi connectivity index (χ3v) is 8.69. The number of rotatable bonds is 7. The molecule has 0 radical (unpaired) electrons. The van der Waals surface area contributed by atoms with Gasteiger partial charge in [0.1, 0.15) is 18.3 Å². The number of hydrogen-bond donors (Lipinski definition) is 0. The highest BCUT2D eigenvalue weighted by molar-refractivity contribution is 9.10.